The largest absolute Gasteiger partial charge is 0.355 e. The first-order chi connectivity index (χ1) is 8.84. The Kier molecular flexibility index (Phi) is 8.42. The lowest BCUT2D eigenvalue weighted by molar-refractivity contribution is -0.122. The summed E-state index contributed by atoms with van der Waals surface area (Å²) in [5.41, 5.74) is 0. The highest BCUT2D eigenvalue weighted by atomic mass is 35.5. The quantitative estimate of drug-likeness (QED) is 0.822. The van der Waals surface area contributed by atoms with Crippen molar-refractivity contribution in [2.45, 2.75) is 38.5 Å². The van der Waals surface area contributed by atoms with Crippen LogP contribution in [0, 0.1) is 5.92 Å². The zero-order chi connectivity index (χ0) is 12.6. The minimum Gasteiger partial charge on any atom is -0.355 e. The van der Waals surface area contributed by atoms with E-state index in [1.165, 1.54) is 32.1 Å². The molecule has 1 saturated carbocycles. The van der Waals surface area contributed by atoms with E-state index in [1.807, 2.05) is 0 Å². The van der Waals surface area contributed by atoms with Crippen LogP contribution in [0.3, 0.4) is 0 Å². The van der Waals surface area contributed by atoms with Crippen molar-refractivity contribution in [2.75, 3.05) is 39.3 Å². The third-order valence-electron chi connectivity index (χ3n) is 4.11. The number of amides is 1. The summed E-state index contributed by atoms with van der Waals surface area (Å²) in [6.07, 6.45) is 7.82. The monoisotopic (exact) mass is 289 g/mol. The van der Waals surface area contributed by atoms with Crippen molar-refractivity contribution in [1.82, 2.24) is 15.5 Å². The summed E-state index contributed by atoms with van der Waals surface area (Å²) in [4.78, 5) is 14.2. The number of rotatable bonds is 4. The predicted molar refractivity (Wildman–Crippen MR) is 80.8 cm³/mol. The Labute approximate surface area is 123 Å². The SMILES string of the molecule is Cl.O=C(CN1CCCNCC1)NCC1CCCCC1. The van der Waals surface area contributed by atoms with E-state index >= 15 is 0 Å². The summed E-state index contributed by atoms with van der Waals surface area (Å²) in [5.74, 6) is 0.941. The van der Waals surface area contributed by atoms with Gasteiger partial charge in [0.15, 0.2) is 0 Å². The van der Waals surface area contributed by atoms with Crippen LogP contribution in [0.1, 0.15) is 38.5 Å². The number of halogens is 1. The summed E-state index contributed by atoms with van der Waals surface area (Å²) < 4.78 is 0. The van der Waals surface area contributed by atoms with Crippen LogP contribution in [-0.4, -0.2) is 50.1 Å². The molecular formula is C14H28ClN3O. The van der Waals surface area contributed by atoms with Crippen LogP contribution in [0.5, 0.6) is 0 Å². The topological polar surface area (TPSA) is 44.4 Å². The van der Waals surface area contributed by atoms with E-state index in [0.717, 1.165) is 45.1 Å². The molecule has 1 aliphatic carbocycles. The van der Waals surface area contributed by atoms with Crippen LogP contribution in [0.4, 0.5) is 0 Å². The molecule has 1 heterocycles. The first-order valence-corrected chi connectivity index (χ1v) is 7.54. The molecule has 0 spiro atoms. The van der Waals surface area contributed by atoms with Gasteiger partial charge in [0.05, 0.1) is 6.54 Å². The second kappa shape index (κ2) is 9.56. The summed E-state index contributed by atoms with van der Waals surface area (Å²) in [6.45, 7) is 5.61. The van der Waals surface area contributed by atoms with Crippen molar-refractivity contribution >= 4 is 18.3 Å². The average molecular weight is 290 g/mol. The van der Waals surface area contributed by atoms with Crippen molar-refractivity contribution in [1.29, 1.82) is 0 Å². The van der Waals surface area contributed by atoms with E-state index in [4.69, 9.17) is 0 Å². The summed E-state index contributed by atoms with van der Waals surface area (Å²) in [6, 6.07) is 0. The molecule has 2 N–H and O–H groups in total. The predicted octanol–water partition coefficient (Wildman–Crippen LogP) is 1.40. The molecule has 112 valence electrons. The molecule has 0 aromatic rings. The normalized spacial score (nSPS) is 22.3. The van der Waals surface area contributed by atoms with E-state index in [1.54, 1.807) is 0 Å². The van der Waals surface area contributed by atoms with Gasteiger partial charge in [-0.15, -0.1) is 12.4 Å². The third-order valence-corrected chi connectivity index (χ3v) is 4.11. The summed E-state index contributed by atoms with van der Waals surface area (Å²) in [7, 11) is 0. The highest BCUT2D eigenvalue weighted by Crippen LogP contribution is 2.22. The Hall–Kier alpha value is -0.320. The molecular weight excluding hydrogens is 262 g/mol. The molecule has 4 nitrogen and oxygen atoms in total. The van der Waals surface area contributed by atoms with Crippen molar-refractivity contribution < 1.29 is 4.79 Å². The molecule has 0 aromatic heterocycles. The molecule has 0 unspecified atom stereocenters. The fourth-order valence-corrected chi connectivity index (χ4v) is 2.97. The number of nitrogens with one attached hydrogen (secondary N) is 2. The van der Waals surface area contributed by atoms with E-state index in [9.17, 15) is 4.79 Å². The molecule has 0 bridgehead atoms. The van der Waals surface area contributed by atoms with E-state index < -0.39 is 0 Å². The van der Waals surface area contributed by atoms with Gasteiger partial charge in [0.25, 0.3) is 0 Å². The van der Waals surface area contributed by atoms with Crippen LogP contribution in [0.25, 0.3) is 0 Å². The van der Waals surface area contributed by atoms with E-state index in [-0.39, 0.29) is 18.3 Å². The zero-order valence-corrected chi connectivity index (χ0v) is 12.6. The highest BCUT2D eigenvalue weighted by Gasteiger charge is 2.16. The van der Waals surface area contributed by atoms with Crippen LogP contribution >= 0.6 is 12.4 Å². The minimum atomic E-state index is 0. The summed E-state index contributed by atoms with van der Waals surface area (Å²) in [5, 5.41) is 6.48. The Morgan fingerprint density at radius 1 is 1.11 bits per heavy atom. The molecule has 5 heteroatoms. The van der Waals surface area contributed by atoms with E-state index in [2.05, 4.69) is 15.5 Å². The second-order valence-corrected chi connectivity index (χ2v) is 5.69. The van der Waals surface area contributed by atoms with Crippen molar-refractivity contribution in [3.05, 3.63) is 0 Å². The molecule has 1 aliphatic heterocycles. The minimum absolute atomic E-state index is 0. The van der Waals surface area contributed by atoms with Crippen LogP contribution in [0.2, 0.25) is 0 Å². The van der Waals surface area contributed by atoms with Gasteiger partial charge in [-0.2, -0.15) is 0 Å². The number of hydrogen-bond donors (Lipinski definition) is 2. The first kappa shape index (κ1) is 16.7. The molecule has 0 atom stereocenters. The van der Waals surface area contributed by atoms with Gasteiger partial charge < -0.3 is 10.6 Å². The maximum Gasteiger partial charge on any atom is 0.234 e. The van der Waals surface area contributed by atoms with Crippen LogP contribution in [-0.2, 0) is 4.79 Å². The molecule has 19 heavy (non-hydrogen) atoms. The molecule has 0 radical (unpaired) electrons. The van der Waals surface area contributed by atoms with Crippen LogP contribution in [0.15, 0.2) is 0 Å². The van der Waals surface area contributed by atoms with Gasteiger partial charge in [-0.3, -0.25) is 9.69 Å². The van der Waals surface area contributed by atoms with Gasteiger partial charge in [-0.05, 0) is 38.3 Å². The second-order valence-electron chi connectivity index (χ2n) is 5.69. The van der Waals surface area contributed by atoms with Gasteiger partial charge in [-0.25, -0.2) is 0 Å². The molecule has 2 fully saturated rings. The zero-order valence-electron chi connectivity index (χ0n) is 11.8. The average Bonchev–Trinajstić information content (AvgIpc) is 2.66. The van der Waals surface area contributed by atoms with Crippen molar-refractivity contribution in [2.24, 2.45) is 5.92 Å². The first-order valence-electron chi connectivity index (χ1n) is 7.54. The Morgan fingerprint density at radius 3 is 2.68 bits per heavy atom. The highest BCUT2D eigenvalue weighted by molar-refractivity contribution is 5.85. The van der Waals surface area contributed by atoms with Crippen LogP contribution < -0.4 is 10.6 Å². The van der Waals surface area contributed by atoms with Crippen molar-refractivity contribution in [3.8, 4) is 0 Å². The van der Waals surface area contributed by atoms with Gasteiger partial charge in [0.2, 0.25) is 5.91 Å². The van der Waals surface area contributed by atoms with Crippen molar-refractivity contribution in [3.63, 3.8) is 0 Å². The number of carbonyl (C=O) groups excluding carboxylic acids is 1. The van der Waals surface area contributed by atoms with E-state index in [0.29, 0.717) is 6.54 Å². The molecule has 0 aromatic carbocycles. The molecule has 2 rings (SSSR count). The lowest BCUT2D eigenvalue weighted by Gasteiger charge is -2.23. The summed E-state index contributed by atoms with van der Waals surface area (Å²) >= 11 is 0. The fraction of sp³-hybridized carbons (Fsp3) is 0.929. The maximum absolute atomic E-state index is 11.9. The number of carbonyl (C=O) groups is 1. The van der Waals surface area contributed by atoms with Gasteiger partial charge in [0.1, 0.15) is 0 Å². The number of nitrogens with zero attached hydrogens (tertiary/aromatic N) is 1. The van der Waals surface area contributed by atoms with Gasteiger partial charge in [0, 0.05) is 19.6 Å². The molecule has 1 saturated heterocycles. The van der Waals surface area contributed by atoms with Gasteiger partial charge in [-0.1, -0.05) is 19.3 Å². The van der Waals surface area contributed by atoms with Gasteiger partial charge >= 0.3 is 0 Å². The maximum atomic E-state index is 11.9. The number of hydrogen-bond acceptors (Lipinski definition) is 3. The Morgan fingerprint density at radius 2 is 1.89 bits per heavy atom. The molecule has 2 aliphatic rings. The lowest BCUT2D eigenvalue weighted by atomic mass is 9.89. The Bertz CT molecular complexity index is 249. The Balaban J connectivity index is 0.00000180. The lowest BCUT2D eigenvalue weighted by Crippen LogP contribution is -2.40. The standard InChI is InChI=1S/C14H27N3O.ClH/c18-14(12-17-9-4-7-15-8-10-17)16-11-13-5-2-1-3-6-13;/h13,15H,1-12H2,(H,16,18);1H. The molecule has 1 amide bonds. The smallest absolute Gasteiger partial charge is 0.234 e. The fourth-order valence-electron chi connectivity index (χ4n) is 2.97. The third kappa shape index (κ3) is 6.59.